The van der Waals surface area contributed by atoms with Crippen LogP contribution < -0.4 is 9.47 Å². The van der Waals surface area contributed by atoms with Crippen LogP contribution in [0.25, 0.3) is 0 Å². The van der Waals surface area contributed by atoms with E-state index in [1.807, 2.05) is 12.1 Å². The maximum Gasteiger partial charge on any atom is 0.231 e. The van der Waals surface area contributed by atoms with E-state index < -0.39 is 5.92 Å². The van der Waals surface area contributed by atoms with Crippen molar-refractivity contribution in [3.05, 3.63) is 47.9 Å². The zero-order valence-corrected chi connectivity index (χ0v) is 14.1. The van der Waals surface area contributed by atoms with Gasteiger partial charge in [0.05, 0.1) is 6.26 Å². The Hall–Kier alpha value is -2.89. The summed E-state index contributed by atoms with van der Waals surface area (Å²) in [5.41, 5.74) is 0.909. The molecular weight excluding hydrogens is 336 g/mol. The second-order valence-electron chi connectivity index (χ2n) is 6.64. The molecule has 0 spiro atoms. The number of aryl methyl sites for hydroxylation is 1. The van der Waals surface area contributed by atoms with E-state index in [1.54, 1.807) is 18.2 Å². The fourth-order valence-electron chi connectivity index (χ4n) is 3.57. The van der Waals surface area contributed by atoms with Gasteiger partial charge >= 0.3 is 0 Å². The van der Waals surface area contributed by atoms with Crippen molar-refractivity contribution < 1.29 is 28.3 Å². The van der Waals surface area contributed by atoms with E-state index in [-0.39, 0.29) is 49.3 Å². The number of rotatable bonds is 5. The summed E-state index contributed by atoms with van der Waals surface area (Å²) in [6.45, 7) is 0.194. The Morgan fingerprint density at radius 3 is 2.54 bits per heavy atom. The zero-order chi connectivity index (χ0) is 18.1. The van der Waals surface area contributed by atoms with Gasteiger partial charge < -0.3 is 13.9 Å². The van der Waals surface area contributed by atoms with Crippen LogP contribution in [-0.4, -0.2) is 24.1 Å². The summed E-state index contributed by atoms with van der Waals surface area (Å²) in [6.07, 6.45) is 2.45. The molecule has 1 fully saturated rings. The predicted molar refractivity (Wildman–Crippen MR) is 90.1 cm³/mol. The number of hydrogen-bond acceptors (Lipinski definition) is 6. The molecule has 1 aliphatic carbocycles. The standard InChI is InChI=1S/C20H18O6/c21-14(5-3-12-4-6-18-19(8-12)26-11-25-18)20-15(22)9-13(10-16(20)23)17-2-1-7-24-17/h1-2,4,6-8,13,20H,3,5,9-11H2. The first-order valence-corrected chi connectivity index (χ1v) is 8.62. The summed E-state index contributed by atoms with van der Waals surface area (Å²) in [6, 6.07) is 8.97. The maximum atomic E-state index is 12.5. The Kier molecular flexibility index (Phi) is 4.32. The lowest BCUT2D eigenvalue weighted by Gasteiger charge is -2.24. The second kappa shape index (κ2) is 6.78. The van der Waals surface area contributed by atoms with E-state index in [4.69, 9.17) is 13.9 Å². The van der Waals surface area contributed by atoms with Gasteiger partial charge in [-0.1, -0.05) is 6.07 Å². The third-order valence-corrected chi connectivity index (χ3v) is 4.90. The minimum atomic E-state index is -1.13. The number of ketones is 3. The van der Waals surface area contributed by atoms with E-state index in [1.165, 1.54) is 6.26 Å². The van der Waals surface area contributed by atoms with Crippen LogP contribution in [0.2, 0.25) is 0 Å². The summed E-state index contributed by atoms with van der Waals surface area (Å²) in [5.74, 6) is -0.355. The minimum absolute atomic E-state index is 0.146. The molecule has 6 nitrogen and oxygen atoms in total. The molecule has 0 atom stereocenters. The smallest absolute Gasteiger partial charge is 0.231 e. The van der Waals surface area contributed by atoms with E-state index in [2.05, 4.69) is 0 Å². The Balaban J connectivity index is 1.39. The van der Waals surface area contributed by atoms with Crippen molar-refractivity contribution in [2.24, 2.45) is 5.92 Å². The molecule has 6 heteroatoms. The number of carbonyl (C=O) groups is 3. The normalized spacial score (nSPS) is 21.8. The van der Waals surface area contributed by atoms with Gasteiger partial charge in [0.2, 0.25) is 6.79 Å². The quantitative estimate of drug-likeness (QED) is 0.768. The van der Waals surface area contributed by atoms with Crippen LogP contribution in [0.5, 0.6) is 11.5 Å². The Labute approximate surface area is 150 Å². The van der Waals surface area contributed by atoms with Gasteiger partial charge in [-0.05, 0) is 36.2 Å². The van der Waals surface area contributed by atoms with E-state index in [0.29, 0.717) is 23.7 Å². The van der Waals surface area contributed by atoms with Crippen LogP contribution >= 0.6 is 0 Å². The largest absolute Gasteiger partial charge is 0.469 e. The Morgan fingerprint density at radius 1 is 1.04 bits per heavy atom. The third-order valence-electron chi connectivity index (χ3n) is 4.90. The van der Waals surface area contributed by atoms with Gasteiger partial charge in [0.25, 0.3) is 0 Å². The van der Waals surface area contributed by atoms with Gasteiger partial charge in [-0.15, -0.1) is 0 Å². The summed E-state index contributed by atoms with van der Waals surface area (Å²) < 4.78 is 15.9. The lowest BCUT2D eigenvalue weighted by atomic mass is 9.76. The van der Waals surface area contributed by atoms with Crippen molar-refractivity contribution in [3.8, 4) is 11.5 Å². The molecule has 26 heavy (non-hydrogen) atoms. The van der Waals surface area contributed by atoms with Gasteiger partial charge in [0, 0.05) is 25.2 Å². The lowest BCUT2D eigenvalue weighted by Crippen LogP contribution is -2.38. The molecule has 2 heterocycles. The van der Waals surface area contributed by atoms with E-state index >= 15 is 0 Å². The first-order valence-electron chi connectivity index (χ1n) is 8.62. The molecule has 0 radical (unpaired) electrons. The number of Topliss-reactive ketones (excluding diaryl/α,β-unsaturated/α-hetero) is 3. The Bertz CT molecular complexity index is 833. The average Bonchev–Trinajstić information content (AvgIpc) is 3.30. The fourth-order valence-corrected chi connectivity index (χ4v) is 3.57. The van der Waals surface area contributed by atoms with Gasteiger partial charge in [0.1, 0.15) is 11.7 Å². The molecular formula is C20H18O6. The highest BCUT2D eigenvalue weighted by atomic mass is 16.7. The van der Waals surface area contributed by atoms with Crippen LogP contribution in [0.1, 0.15) is 36.5 Å². The summed E-state index contributed by atoms with van der Waals surface area (Å²) >= 11 is 0. The maximum absolute atomic E-state index is 12.5. The molecule has 0 unspecified atom stereocenters. The molecule has 1 aromatic heterocycles. The molecule has 1 aromatic carbocycles. The SMILES string of the molecule is O=C(CCc1ccc2c(c1)OCO2)C1C(=O)CC(c2ccco2)CC1=O. The first kappa shape index (κ1) is 16.6. The van der Waals surface area contributed by atoms with Crippen LogP contribution in [0.3, 0.4) is 0 Å². The average molecular weight is 354 g/mol. The highest BCUT2D eigenvalue weighted by Gasteiger charge is 2.40. The van der Waals surface area contributed by atoms with Crippen molar-refractivity contribution in [1.82, 2.24) is 0 Å². The topological polar surface area (TPSA) is 82.8 Å². The minimum Gasteiger partial charge on any atom is -0.469 e. The summed E-state index contributed by atoms with van der Waals surface area (Å²) in [4.78, 5) is 37.3. The second-order valence-corrected chi connectivity index (χ2v) is 6.64. The number of hydrogen-bond donors (Lipinski definition) is 0. The van der Waals surface area contributed by atoms with Crippen LogP contribution in [0, 0.1) is 5.92 Å². The summed E-state index contributed by atoms with van der Waals surface area (Å²) in [7, 11) is 0. The van der Waals surface area contributed by atoms with Crippen LogP contribution in [-0.2, 0) is 20.8 Å². The molecule has 2 aromatic rings. The number of benzene rings is 1. The molecule has 1 saturated carbocycles. The van der Waals surface area contributed by atoms with E-state index in [0.717, 1.165) is 5.56 Å². The molecule has 0 amide bonds. The van der Waals surface area contributed by atoms with Crippen LogP contribution in [0.4, 0.5) is 0 Å². The highest BCUT2D eigenvalue weighted by Crippen LogP contribution is 2.34. The van der Waals surface area contributed by atoms with Crippen molar-refractivity contribution in [2.45, 2.75) is 31.6 Å². The fraction of sp³-hybridized carbons (Fsp3) is 0.350. The van der Waals surface area contributed by atoms with Gasteiger partial charge in [-0.2, -0.15) is 0 Å². The zero-order valence-electron chi connectivity index (χ0n) is 14.1. The molecule has 0 bridgehead atoms. The molecule has 0 saturated heterocycles. The molecule has 134 valence electrons. The molecule has 1 aliphatic heterocycles. The lowest BCUT2D eigenvalue weighted by molar-refractivity contribution is -0.142. The number of fused-ring (bicyclic) bond motifs is 1. The van der Waals surface area contributed by atoms with Crippen molar-refractivity contribution in [2.75, 3.05) is 6.79 Å². The number of furan rings is 1. The van der Waals surface area contributed by atoms with Crippen molar-refractivity contribution >= 4 is 17.3 Å². The first-order chi connectivity index (χ1) is 12.6. The molecule has 0 N–H and O–H groups in total. The van der Waals surface area contributed by atoms with E-state index in [9.17, 15) is 14.4 Å². The number of ether oxygens (including phenoxy) is 2. The van der Waals surface area contributed by atoms with Gasteiger partial charge in [0.15, 0.2) is 28.8 Å². The number of carbonyl (C=O) groups excluding carboxylic acids is 3. The van der Waals surface area contributed by atoms with Crippen molar-refractivity contribution in [1.29, 1.82) is 0 Å². The van der Waals surface area contributed by atoms with Gasteiger partial charge in [-0.3, -0.25) is 14.4 Å². The summed E-state index contributed by atoms with van der Waals surface area (Å²) in [5, 5.41) is 0. The monoisotopic (exact) mass is 354 g/mol. The van der Waals surface area contributed by atoms with Gasteiger partial charge in [-0.25, -0.2) is 0 Å². The molecule has 4 rings (SSSR count). The molecule has 2 aliphatic rings. The van der Waals surface area contributed by atoms with Crippen molar-refractivity contribution in [3.63, 3.8) is 0 Å². The highest BCUT2D eigenvalue weighted by molar-refractivity contribution is 6.20. The Morgan fingerprint density at radius 2 is 1.81 bits per heavy atom. The van der Waals surface area contributed by atoms with Crippen LogP contribution in [0.15, 0.2) is 41.0 Å². The third kappa shape index (κ3) is 3.14. The predicted octanol–water partition coefficient (Wildman–Crippen LogP) is 2.84.